The summed E-state index contributed by atoms with van der Waals surface area (Å²) in [6.45, 7) is 4.20. The normalized spacial score (nSPS) is 32.6. The molecule has 1 saturated heterocycles. The third-order valence-corrected chi connectivity index (χ3v) is 9.94. The first kappa shape index (κ1) is 19.5. The zero-order valence-electron chi connectivity index (χ0n) is 14.8. The fourth-order valence-electron chi connectivity index (χ4n) is 5.56. The average Bonchev–Trinajstić information content (AvgIpc) is 3.03. The van der Waals surface area contributed by atoms with E-state index in [4.69, 9.17) is 34.8 Å². The number of halogens is 3. The van der Waals surface area contributed by atoms with Crippen molar-refractivity contribution in [2.24, 2.45) is 16.7 Å². The predicted octanol–water partition coefficient (Wildman–Crippen LogP) is 4.35. The van der Waals surface area contributed by atoms with Gasteiger partial charge in [-0.3, -0.25) is 9.59 Å². The highest BCUT2D eigenvalue weighted by molar-refractivity contribution is 7.90. The van der Waals surface area contributed by atoms with Crippen LogP contribution in [0, 0.1) is 16.7 Å². The van der Waals surface area contributed by atoms with Gasteiger partial charge in [-0.15, -0.1) is 0 Å². The minimum Gasteiger partial charge on any atom is -0.276 e. The maximum atomic E-state index is 13.3. The van der Waals surface area contributed by atoms with E-state index in [1.807, 2.05) is 0 Å². The molecule has 1 aromatic carbocycles. The Bertz CT molecular complexity index is 991. The van der Waals surface area contributed by atoms with Crippen LogP contribution in [0.5, 0.6) is 0 Å². The lowest BCUT2D eigenvalue weighted by Gasteiger charge is -2.37. The van der Waals surface area contributed by atoms with Crippen LogP contribution in [-0.4, -0.2) is 35.7 Å². The maximum absolute atomic E-state index is 13.3. The van der Waals surface area contributed by atoms with Crippen molar-refractivity contribution in [2.75, 3.05) is 5.75 Å². The summed E-state index contributed by atoms with van der Waals surface area (Å²) in [4.78, 5) is 25.1. The minimum absolute atomic E-state index is 0.0502. The second-order valence-corrected chi connectivity index (χ2v) is 11.3. The first-order chi connectivity index (χ1) is 12.4. The van der Waals surface area contributed by atoms with Gasteiger partial charge in [-0.2, -0.15) is 0 Å². The molecule has 146 valence electrons. The van der Waals surface area contributed by atoms with Gasteiger partial charge in [0.1, 0.15) is 0 Å². The van der Waals surface area contributed by atoms with Crippen molar-refractivity contribution in [1.82, 2.24) is 4.31 Å². The number of hydrogen-bond acceptors (Lipinski definition) is 4. The molecule has 2 aliphatic carbocycles. The topological polar surface area (TPSA) is 71.5 Å². The van der Waals surface area contributed by atoms with E-state index in [0.29, 0.717) is 12.3 Å². The highest BCUT2D eigenvalue weighted by Crippen LogP contribution is 2.70. The number of fused-ring (bicyclic) bond motifs is 1. The van der Waals surface area contributed by atoms with Gasteiger partial charge in [0.15, 0.2) is 0 Å². The van der Waals surface area contributed by atoms with Gasteiger partial charge in [0.25, 0.3) is 11.1 Å². The quantitative estimate of drug-likeness (QED) is 0.628. The van der Waals surface area contributed by atoms with Crippen molar-refractivity contribution in [1.29, 1.82) is 0 Å². The lowest BCUT2D eigenvalue weighted by Crippen LogP contribution is -2.44. The van der Waals surface area contributed by atoms with E-state index in [2.05, 4.69) is 13.8 Å². The Morgan fingerprint density at radius 2 is 1.74 bits per heavy atom. The number of benzene rings is 1. The molecular weight excluding hydrogens is 433 g/mol. The molecule has 0 radical (unpaired) electrons. The summed E-state index contributed by atoms with van der Waals surface area (Å²) in [5, 5.41) is -0.767. The molecule has 4 rings (SSSR count). The van der Waals surface area contributed by atoms with E-state index in [0.717, 1.165) is 17.1 Å². The molecule has 2 bridgehead atoms. The van der Waals surface area contributed by atoms with E-state index < -0.39 is 32.6 Å². The van der Waals surface area contributed by atoms with Gasteiger partial charge in [0, 0.05) is 11.0 Å². The molecule has 3 aliphatic rings. The number of nitrogens with zero attached hydrogens (tertiary/aromatic N) is 1. The van der Waals surface area contributed by atoms with Crippen molar-refractivity contribution in [2.45, 2.75) is 39.2 Å². The van der Waals surface area contributed by atoms with Crippen molar-refractivity contribution in [3.63, 3.8) is 0 Å². The van der Waals surface area contributed by atoms with Crippen LogP contribution in [0.25, 0.3) is 0 Å². The van der Waals surface area contributed by atoms with Crippen LogP contribution in [-0.2, 0) is 10.0 Å². The molecule has 3 unspecified atom stereocenters. The Kier molecular flexibility index (Phi) is 4.22. The Hall–Kier alpha value is -0.820. The fourth-order valence-corrected chi connectivity index (χ4v) is 8.57. The smallest absolute Gasteiger partial charge is 0.268 e. The highest BCUT2D eigenvalue weighted by atomic mass is 35.5. The van der Waals surface area contributed by atoms with Gasteiger partial charge < -0.3 is 0 Å². The zero-order valence-corrected chi connectivity index (χ0v) is 17.8. The van der Waals surface area contributed by atoms with Gasteiger partial charge >= 0.3 is 0 Å². The Balaban J connectivity index is 1.84. The number of sulfonamides is 1. The summed E-state index contributed by atoms with van der Waals surface area (Å²) in [6.07, 6.45) is 2.39. The minimum atomic E-state index is -3.82. The third kappa shape index (κ3) is 2.46. The molecule has 3 atom stereocenters. The molecule has 9 heteroatoms. The lowest BCUT2D eigenvalue weighted by atomic mass is 9.69. The van der Waals surface area contributed by atoms with E-state index in [-0.39, 0.29) is 32.3 Å². The zero-order chi connectivity index (χ0) is 19.9. The lowest BCUT2D eigenvalue weighted by molar-refractivity contribution is 0.0698. The molecule has 0 aromatic heterocycles. The maximum Gasteiger partial charge on any atom is 0.268 e. The molecule has 1 aromatic rings. The Labute approximate surface area is 173 Å². The van der Waals surface area contributed by atoms with Gasteiger partial charge in [-0.05, 0) is 54.3 Å². The number of hydrogen-bond donors (Lipinski definition) is 0. The number of rotatable bonds is 2. The largest absolute Gasteiger partial charge is 0.276 e. The standard InChI is InChI=1S/C18H18Cl3NO4S/c1-17(2)9-3-4-18(17)8-27(25,26)22(14(18)5-9)16(24)11-7-13(20)12(19)6-10(11)15(21)23/h6-7,9,14H,3-5,8H2,1-2H3. The fraction of sp³-hybridized carbons (Fsp3) is 0.556. The van der Waals surface area contributed by atoms with Crippen molar-refractivity contribution >= 4 is 56.0 Å². The van der Waals surface area contributed by atoms with E-state index in [1.165, 1.54) is 12.1 Å². The van der Waals surface area contributed by atoms with Crippen LogP contribution < -0.4 is 0 Å². The average molecular weight is 451 g/mol. The first-order valence-electron chi connectivity index (χ1n) is 8.68. The summed E-state index contributed by atoms with van der Waals surface area (Å²) >= 11 is 17.6. The van der Waals surface area contributed by atoms with E-state index in [9.17, 15) is 18.0 Å². The molecule has 1 amide bonds. The van der Waals surface area contributed by atoms with Crippen LogP contribution in [0.4, 0.5) is 0 Å². The molecule has 2 saturated carbocycles. The molecule has 0 N–H and O–H groups in total. The van der Waals surface area contributed by atoms with Crippen LogP contribution in [0.3, 0.4) is 0 Å². The first-order valence-corrected chi connectivity index (χ1v) is 11.4. The number of carbonyl (C=O) groups is 2. The van der Waals surface area contributed by atoms with Crippen LogP contribution in [0.1, 0.15) is 53.8 Å². The summed E-state index contributed by atoms with van der Waals surface area (Å²) in [7, 11) is -3.82. The van der Waals surface area contributed by atoms with Gasteiger partial charge in [0.2, 0.25) is 10.0 Å². The molecule has 3 fully saturated rings. The molecular formula is C18H18Cl3NO4S. The summed E-state index contributed by atoms with van der Waals surface area (Å²) < 4.78 is 27.0. The molecule has 1 spiro atoms. The predicted molar refractivity (Wildman–Crippen MR) is 104 cm³/mol. The van der Waals surface area contributed by atoms with Crippen molar-refractivity contribution < 1.29 is 18.0 Å². The Morgan fingerprint density at radius 3 is 2.30 bits per heavy atom. The third-order valence-electron chi connectivity index (χ3n) is 7.11. The van der Waals surface area contributed by atoms with Crippen molar-refractivity contribution in [3.8, 4) is 0 Å². The highest BCUT2D eigenvalue weighted by Gasteiger charge is 2.72. The number of carbonyl (C=O) groups excluding carboxylic acids is 2. The molecule has 27 heavy (non-hydrogen) atoms. The monoisotopic (exact) mass is 449 g/mol. The van der Waals surface area contributed by atoms with Gasteiger partial charge in [-0.1, -0.05) is 37.0 Å². The van der Waals surface area contributed by atoms with Crippen LogP contribution in [0.15, 0.2) is 12.1 Å². The number of amides is 1. The van der Waals surface area contributed by atoms with Crippen molar-refractivity contribution in [3.05, 3.63) is 33.3 Å². The SMILES string of the molecule is CC1(C)C2CCC13CS(=O)(=O)N(C(=O)c1cc(Cl)c(Cl)cc1C(=O)Cl)C3C2. The van der Waals surface area contributed by atoms with E-state index in [1.54, 1.807) is 0 Å². The summed E-state index contributed by atoms with van der Waals surface area (Å²) in [5.74, 6) is -0.440. The van der Waals surface area contributed by atoms with Gasteiger partial charge in [0.05, 0.1) is 27.4 Å². The van der Waals surface area contributed by atoms with Crippen LogP contribution >= 0.6 is 34.8 Å². The summed E-state index contributed by atoms with van der Waals surface area (Å²) in [6, 6.07) is 2.02. The summed E-state index contributed by atoms with van der Waals surface area (Å²) in [5.41, 5.74) is -0.893. The van der Waals surface area contributed by atoms with E-state index >= 15 is 0 Å². The van der Waals surface area contributed by atoms with Crippen LogP contribution in [0.2, 0.25) is 10.0 Å². The molecule has 1 heterocycles. The van der Waals surface area contributed by atoms with Gasteiger partial charge in [-0.25, -0.2) is 12.7 Å². The second kappa shape index (κ2) is 5.85. The molecule has 5 nitrogen and oxygen atoms in total. The molecule has 1 aliphatic heterocycles. The second-order valence-electron chi connectivity index (χ2n) is 8.31. The Morgan fingerprint density at radius 1 is 1.15 bits per heavy atom.